The normalized spacial score (nSPS) is 11.6. The largest absolute Gasteiger partial charge is 0.493 e. The van der Waals surface area contributed by atoms with E-state index < -0.39 is 12.0 Å². The third-order valence-electron chi connectivity index (χ3n) is 3.79. The van der Waals surface area contributed by atoms with Crippen LogP contribution in [0.25, 0.3) is 11.4 Å². The van der Waals surface area contributed by atoms with Gasteiger partial charge in [0.1, 0.15) is 6.04 Å². The molecule has 0 aliphatic heterocycles. The zero-order valence-corrected chi connectivity index (χ0v) is 16.0. The maximum Gasteiger partial charge on any atom is 0.320 e. The van der Waals surface area contributed by atoms with E-state index in [-0.39, 0.29) is 19.0 Å². The molecule has 1 N–H and O–H groups in total. The summed E-state index contributed by atoms with van der Waals surface area (Å²) < 4.78 is 21.1. The quantitative estimate of drug-likeness (QED) is 0.728. The monoisotopic (exact) mass is 387 g/mol. The number of halogens is 1. The van der Waals surface area contributed by atoms with Crippen molar-refractivity contribution in [3.8, 4) is 28.6 Å². The molecule has 1 aromatic carbocycles. The molecule has 1 atom stereocenters. The van der Waals surface area contributed by atoms with Crippen LogP contribution in [-0.2, 0) is 11.3 Å². The fourth-order valence-corrected chi connectivity index (χ4v) is 2.19. The van der Waals surface area contributed by atoms with Crippen molar-refractivity contribution < 1.29 is 28.6 Å². The van der Waals surface area contributed by atoms with E-state index in [0.29, 0.717) is 34.5 Å². The van der Waals surface area contributed by atoms with Crippen molar-refractivity contribution in [1.82, 2.24) is 15.0 Å². The van der Waals surface area contributed by atoms with E-state index in [1.54, 1.807) is 31.0 Å². The molecule has 0 aliphatic carbocycles. The maximum absolute atomic E-state index is 11.0. The third kappa shape index (κ3) is 4.55. The molecule has 1 unspecified atom stereocenters. The Morgan fingerprint density at radius 1 is 1.23 bits per heavy atom. The molecule has 1 heterocycles. The fourth-order valence-electron chi connectivity index (χ4n) is 2.19. The second-order valence-electron chi connectivity index (χ2n) is 5.36. The van der Waals surface area contributed by atoms with Gasteiger partial charge in [0.25, 0.3) is 0 Å². The van der Waals surface area contributed by atoms with Crippen LogP contribution in [0.2, 0.25) is 0 Å². The summed E-state index contributed by atoms with van der Waals surface area (Å²) in [6.45, 7) is 1.80. The minimum atomic E-state index is -0.924. The highest BCUT2D eigenvalue weighted by atomic mass is 35.5. The number of hydrogen-bond donors (Lipinski definition) is 1. The highest BCUT2D eigenvalue weighted by Gasteiger charge is 2.21. The molecule has 0 saturated carbocycles. The Bertz CT molecular complexity index is 726. The maximum atomic E-state index is 11.0. The average Bonchev–Trinajstić information content (AvgIpc) is 3.07. The molecule has 0 radical (unpaired) electrons. The van der Waals surface area contributed by atoms with Crippen LogP contribution in [0.15, 0.2) is 16.7 Å². The minimum Gasteiger partial charge on any atom is -0.493 e. The summed E-state index contributed by atoms with van der Waals surface area (Å²) in [5.74, 6) is 1.13. The molecule has 144 valence electrons. The van der Waals surface area contributed by atoms with Crippen LogP contribution >= 0.6 is 12.4 Å². The van der Waals surface area contributed by atoms with Crippen molar-refractivity contribution in [3.05, 3.63) is 18.0 Å². The summed E-state index contributed by atoms with van der Waals surface area (Å²) in [5.41, 5.74) is 0.624. The molecule has 0 aliphatic rings. The predicted molar refractivity (Wildman–Crippen MR) is 95.2 cm³/mol. The number of carboxylic acids is 1. The van der Waals surface area contributed by atoms with E-state index in [0.717, 1.165) is 0 Å². The van der Waals surface area contributed by atoms with Gasteiger partial charge in [0.05, 0.1) is 27.9 Å². The molecule has 0 fully saturated rings. The van der Waals surface area contributed by atoms with Gasteiger partial charge in [-0.15, -0.1) is 12.4 Å². The lowest BCUT2D eigenvalue weighted by atomic mass is 10.1. The lowest BCUT2D eigenvalue weighted by Crippen LogP contribution is -2.35. The van der Waals surface area contributed by atoms with E-state index in [1.165, 1.54) is 21.3 Å². The van der Waals surface area contributed by atoms with Gasteiger partial charge in [-0.05, 0) is 26.1 Å². The molecule has 1 aromatic heterocycles. The number of carbonyl (C=O) groups is 1. The van der Waals surface area contributed by atoms with Crippen LogP contribution in [0.1, 0.15) is 12.8 Å². The Balaban J connectivity index is 0.00000338. The molecule has 0 spiro atoms. The Morgan fingerprint density at radius 3 is 2.27 bits per heavy atom. The van der Waals surface area contributed by atoms with Gasteiger partial charge >= 0.3 is 5.97 Å². The fraction of sp³-hybridized carbons (Fsp3) is 0.438. The summed E-state index contributed by atoms with van der Waals surface area (Å²) in [6, 6.07) is 2.75. The van der Waals surface area contributed by atoms with E-state index in [1.807, 2.05) is 0 Å². The summed E-state index contributed by atoms with van der Waals surface area (Å²) in [6.07, 6.45) is 0. The van der Waals surface area contributed by atoms with Crippen molar-refractivity contribution >= 4 is 18.4 Å². The number of nitrogens with zero attached hydrogens (tertiary/aromatic N) is 3. The minimum absolute atomic E-state index is 0. The van der Waals surface area contributed by atoms with E-state index in [2.05, 4.69) is 10.1 Å². The predicted octanol–water partition coefficient (Wildman–Crippen LogP) is 2.09. The molecule has 2 aromatic rings. The van der Waals surface area contributed by atoms with Crippen molar-refractivity contribution in [1.29, 1.82) is 0 Å². The average molecular weight is 388 g/mol. The van der Waals surface area contributed by atoms with Gasteiger partial charge in [-0.3, -0.25) is 9.69 Å². The van der Waals surface area contributed by atoms with Crippen molar-refractivity contribution in [3.63, 3.8) is 0 Å². The van der Waals surface area contributed by atoms with Crippen LogP contribution in [0.3, 0.4) is 0 Å². The van der Waals surface area contributed by atoms with E-state index >= 15 is 0 Å². The van der Waals surface area contributed by atoms with Gasteiger partial charge < -0.3 is 23.8 Å². The van der Waals surface area contributed by atoms with Crippen molar-refractivity contribution in [2.24, 2.45) is 0 Å². The summed E-state index contributed by atoms with van der Waals surface area (Å²) >= 11 is 0. The van der Waals surface area contributed by atoms with Crippen molar-refractivity contribution in [2.45, 2.75) is 19.5 Å². The molecule has 2 rings (SSSR count). The number of hydrogen-bond acceptors (Lipinski definition) is 8. The Hall–Kier alpha value is -2.52. The smallest absolute Gasteiger partial charge is 0.320 e. The van der Waals surface area contributed by atoms with Gasteiger partial charge in [-0.2, -0.15) is 4.98 Å². The van der Waals surface area contributed by atoms with Crippen molar-refractivity contribution in [2.75, 3.05) is 28.4 Å². The Kier molecular flexibility index (Phi) is 7.66. The number of aliphatic carboxylic acids is 1. The van der Waals surface area contributed by atoms with E-state index in [4.69, 9.17) is 23.8 Å². The third-order valence-corrected chi connectivity index (χ3v) is 3.79. The highest BCUT2D eigenvalue weighted by Crippen LogP contribution is 2.40. The van der Waals surface area contributed by atoms with E-state index in [9.17, 15) is 4.79 Å². The van der Waals surface area contributed by atoms with Crippen LogP contribution in [0, 0.1) is 0 Å². The number of likely N-dealkylation sites (N-methyl/N-ethyl adjacent to an activating group) is 1. The van der Waals surface area contributed by atoms with Gasteiger partial charge in [-0.25, -0.2) is 0 Å². The van der Waals surface area contributed by atoms with Crippen LogP contribution in [-0.4, -0.2) is 60.5 Å². The number of carboxylic acid groups (broad SMARTS) is 1. The van der Waals surface area contributed by atoms with Crippen LogP contribution in [0.4, 0.5) is 0 Å². The first-order valence-corrected chi connectivity index (χ1v) is 7.47. The standard InChI is InChI=1S/C16H21N3O6.ClH/c1-9(16(20)21)19(2)8-13-17-15(18-25-13)10-6-11(22-3)14(24-5)12(7-10)23-4;/h6-7,9H,8H2,1-5H3,(H,20,21);1H. The lowest BCUT2D eigenvalue weighted by molar-refractivity contribution is -0.142. The molecule has 26 heavy (non-hydrogen) atoms. The molecular formula is C16H22ClN3O6. The van der Waals surface area contributed by atoms with Gasteiger partial charge in [0.2, 0.25) is 17.5 Å². The lowest BCUT2D eigenvalue weighted by Gasteiger charge is -2.18. The Labute approximate surface area is 157 Å². The summed E-state index contributed by atoms with van der Waals surface area (Å²) in [7, 11) is 6.23. The number of rotatable bonds is 8. The summed E-state index contributed by atoms with van der Waals surface area (Å²) in [5, 5.41) is 13.0. The Morgan fingerprint density at radius 2 is 1.81 bits per heavy atom. The SMILES string of the molecule is COc1cc(-c2noc(CN(C)C(C)C(=O)O)n2)cc(OC)c1OC.Cl. The number of benzene rings is 1. The van der Waals surface area contributed by atoms with Gasteiger partial charge in [-0.1, -0.05) is 5.16 Å². The zero-order valence-electron chi connectivity index (χ0n) is 15.2. The second kappa shape index (κ2) is 9.25. The first-order valence-electron chi connectivity index (χ1n) is 7.47. The zero-order chi connectivity index (χ0) is 18.6. The number of aromatic nitrogens is 2. The van der Waals surface area contributed by atoms with Gasteiger partial charge in [0.15, 0.2) is 11.5 Å². The molecule has 9 nitrogen and oxygen atoms in total. The number of methoxy groups -OCH3 is 3. The van der Waals surface area contributed by atoms with Crippen LogP contribution < -0.4 is 14.2 Å². The molecular weight excluding hydrogens is 366 g/mol. The van der Waals surface area contributed by atoms with Gasteiger partial charge in [0, 0.05) is 5.56 Å². The molecule has 10 heteroatoms. The second-order valence-corrected chi connectivity index (χ2v) is 5.36. The van der Waals surface area contributed by atoms with Crippen LogP contribution in [0.5, 0.6) is 17.2 Å². The molecule has 0 saturated heterocycles. The summed E-state index contributed by atoms with van der Waals surface area (Å²) in [4.78, 5) is 16.9. The molecule has 0 bridgehead atoms. The number of ether oxygens (including phenoxy) is 3. The topological polar surface area (TPSA) is 107 Å². The molecule has 0 amide bonds. The highest BCUT2D eigenvalue weighted by molar-refractivity contribution is 5.85. The first-order chi connectivity index (χ1) is 11.9. The first kappa shape index (κ1) is 21.5.